The molecule has 1 fully saturated rings. The van der Waals surface area contributed by atoms with Crippen LogP contribution in [0.2, 0.25) is 5.02 Å². The minimum atomic E-state index is -0.108. The second-order valence-corrected chi connectivity index (χ2v) is 7.88. The molecule has 1 aliphatic heterocycles. The first-order chi connectivity index (χ1) is 13.7. The topological polar surface area (TPSA) is 67.5 Å². The second kappa shape index (κ2) is 7.06. The van der Waals surface area contributed by atoms with E-state index in [1.807, 2.05) is 48.5 Å². The summed E-state index contributed by atoms with van der Waals surface area (Å²) < 4.78 is 5.80. The number of ketones is 1. The van der Waals surface area contributed by atoms with Gasteiger partial charge in [0.15, 0.2) is 5.58 Å². The predicted octanol–water partition coefficient (Wildman–Crippen LogP) is 5.22. The van der Waals surface area contributed by atoms with Crippen molar-refractivity contribution in [1.82, 2.24) is 4.98 Å². The van der Waals surface area contributed by atoms with Crippen LogP contribution in [0.5, 0.6) is 0 Å². The number of hydrogen-bond donors (Lipinski definition) is 1. The number of Topliss-reactive ketones (excluding diaryl/α,β-unsaturated/α-hetero) is 1. The Balaban J connectivity index is 1.50. The lowest BCUT2D eigenvalue weighted by atomic mass is 9.70. The van der Waals surface area contributed by atoms with Crippen LogP contribution >= 0.6 is 11.6 Å². The maximum atomic E-state index is 12.7. The summed E-state index contributed by atoms with van der Waals surface area (Å²) in [7, 11) is 0. The monoisotopic (exact) mass is 393 g/mol. The third-order valence-corrected chi connectivity index (χ3v) is 6.07. The van der Waals surface area contributed by atoms with Gasteiger partial charge in [0.1, 0.15) is 17.1 Å². The highest BCUT2D eigenvalue weighted by Crippen LogP contribution is 2.43. The molecule has 1 aliphatic carbocycles. The van der Waals surface area contributed by atoms with E-state index in [4.69, 9.17) is 21.0 Å². The molecule has 1 aromatic heterocycles. The second-order valence-electron chi connectivity index (χ2n) is 7.47. The largest absolute Gasteiger partial charge is 0.423 e. The van der Waals surface area contributed by atoms with E-state index < -0.39 is 0 Å². The number of nitrogens with zero attached hydrogens (tertiary/aromatic N) is 2. The molecule has 5 nitrogen and oxygen atoms in total. The number of rotatable bonds is 2. The maximum absolute atomic E-state index is 12.7. The highest BCUT2D eigenvalue weighted by Gasteiger charge is 2.42. The maximum Gasteiger partial charge on any atom is 0.301 e. The van der Waals surface area contributed by atoms with E-state index >= 15 is 0 Å². The van der Waals surface area contributed by atoms with Crippen LogP contribution in [-0.4, -0.2) is 22.6 Å². The van der Waals surface area contributed by atoms with Gasteiger partial charge < -0.3 is 4.42 Å². The Labute approximate surface area is 167 Å². The first-order valence-electron chi connectivity index (χ1n) is 9.65. The molecule has 0 radical (unpaired) electrons. The molecule has 2 heterocycles. The number of para-hydroxylation sites is 2. The molecular formula is C22H20ClN3O2. The molecule has 1 saturated carbocycles. The van der Waals surface area contributed by atoms with Crippen LogP contribution < -0.4 is 5.32 Å². The highest BCUT2D eigenvalue weighted by molar-refractivity contribution is 6.31. The van der Waals surface area contributed by atoms with Crippen LogP contribution in [0.3, 0.4) is 0 Å². The number of oxazole rings is 1. The molecule has 5 rings (SSSR count). The van der Waals surface area contributed by atoms with E-state index in [9.17, 15) is 4.79 Å². The van der Waals surface area contributed by atoms with E-state index in [1.165, 1.54) is 0 Å². The molecule has 0 saturated heterocycles. The molecule has 3 atom stereocenters. The quantitative estimate of drug-likeness (QED) is 0.648. The average Bonchev–Trinajstić information content (AvgIpc) is 3.10. The lowest BCUT2D eigenvalue weighted by Crippen LogP contribution is -2.42. The fourth-order valence-electron chi connectivity index (χ4n) is 4.48. The number of anilines is 1. The molecule has 2 aromatic carbocycles. The summed E-state index contributed by atoms with van der Waals surface area (Å²) >= 11 is 6.50. The van der Waals surface area contributed by atoms with Gasteiger partial charge >= 0.3 is 6.01 Å². The van der Waals surface area contributed by atoms with Gasteiger partial charge in [-0.2, -0.15) is 4.98 Å². The number of carbonyl (C=O) groups excluding carboxylic acids is 1. The number of benzene rings is 2. The zero-order valence-electron chi connectivity index (χ0n) is 15.3. The number of halogens is 1. The summed E-state index contributed by atoms with van der Waals surface area (Å²) in [6.07, 6.45) is 3.03. The summed E-state index contributed by atoms with van der Waals surface area (Å²) in [5.74, 6) is 0.997. The Morgan fingerprint density at radius 1 is 1.11 bits per heavy atom. The fraction of sp³-hybridized carbons (Fsp3) is 0.318. The van der Waals surface area contributed by atoms with Crippen LogP contribution in [0.25, 0.3) is 11.1 Å². The number of carbonyl (C=O) groups is 1. The minimum absolute atomic E-state index is 0.0101. The fourth-order valence-corrected chi connectivity index (χ4v) is 4.76. The van der Waals surface area contributed by atoms with E-state index in [2.05, 4.69) is 10.3 Å². The van der Waals surface area contributed by atoms with Gasteiger partial charge in [-0.15, -0.1) is 0 Å². The molecule has 6 heteroatoms. The van der Waals surface area contributed by atoms with E-state index in [1.54, 1.807) is 0 Å². The third kappa shape index (κ3) is 3.10. The van der Waals surface area contributed by atoms with Crippen molar-refractivity contribution in [1.29, 1.82) is 0 Å². The molecule has 142 valence electrons. The van der Waals surface area contributed by atoms with Crippen LogP contribution in [0.15, 0.2) is 57.9 Å². The van der Waals surface area contributed by atoms with Crippen LogP contribution in [0.4, 0.5) is 6.01 Å². The lowest BCUT2D eigenvalue weighted by Gasteiger charge is -2.38. The summed E-state index contributed by atoms with van der Waals surface area (Å²) in [5, 5.41) is 3.96. The molecule has 28 heavy (non-hydrogen) atoms. The van der Waals surface area contributed by atoms with Gasteiger partial charge in [-0.1, -0.05) is 41.9 Å². The minimum Gasteiger partial charge on any atom is -0.423 e. The van der Waals surface area contributed by atoms with Crippen molar-refractivity contribution in [3.05, 3.63) is 59.1 Å². The molecule has 0 bridgehead atoms. The van der Waals surface area contributed by atoms with Crippen LogP contribution in [-0.2, 0) is 4.79 Å². The first-order valence-corrected chi connectivity index (χ1v) is 10.0. The zero-order valence-corrected chi connectivity index (χ0v) is 16.0. The van der Waals surface area contributed by atoms with E-state index in [0.29, 0.717) is 29.7 Å². The molecule has 3 unspecified atom stereocenters. The number of aliphatic imine (C=N–C) groups is 1. The van der Waals surface area contributed by atoms with Gasteiger partial charge in [0.25, 0.3) is 0 Å². The van der Waals surface area contributed by atoms with Gasteiger partial charge in [-0.05, 0) is 36.6 Å². The first kappa shape index (κ1) is 17.4. The van der Waals surface area contributed by atoms with Gasteiger partial charge in [0.2, 0.25) is 0 Å². The third-order valence-electron chi connectivity index (χ3n) is 5.73. The number of amidine groups is 1. The van der Waals surface area contributed by atoms with Crippen LogP contribution in [0.1, 0.15) is 37.2 Å². The summed E-state index contributed by atoms with van der Waals surface area (Å²) in [6, 6.07) is 15.9. The van der Waals surface area contributed by atoms with Crippen molar-refractivity contribution in [3.63, 3.8) is 0 Å². The van der Waals surface area contributed by atoms with Gasteiger partial charge in [-0.25, -0.2) is 0 Å². The molecule has 1 N–H and O–H groups in total. The predicted molar refractivity (Wildman–Crippen MR) is 110 cm³/mol. The van der Waals surface area contributed by atoms with Crippen molar-refractivity contribution in [2.75, 3.05) is 5.32 Å². The Morgan fingerprint density at radius 3 is 2.79 bits per heavy atom. The zero-order chi connectivity index (χ0) is 19.1. The van der Waals surface area contributed by atoms with Crippen LogP contribution in [0, 0.1) is 5.92 Å². The Bertz CT molecular complexity index is 1040. The van der Waals surface area contributed by atoms with Crippen molar-refractivity contribution in [2.45, 2.75) is 37.6 Å². The van der Waals surface area contributed by atoms with Crippen molar-refractivity contribution < 1.29 is 9.21 Å². The van der Waals surface area contributed by atoms with Gasteiger partial charge in [0.05, 0.1) is 6.04 Å². The number of hydrogen-bond acceptors (Lipinski definition) is 5. The van der Waals surface area contributed by atoms with Crippen molar-refractivity contribution >= 4 is 40.3 Å². The molecule has 3 aromatic rings. The SMILES string of the molecule is O=C1CCCC2N=C(Nc3nc4ccccc4o3)CC(c3ccccc3Cl)C12. The molecule has 0 spiro atoms. The lowest BCUT2D eigenvalue weighted by molar-refractivity contribution is -0.126. The standard InChI is InChI=1S/C22H20ClN3O2/c23-15-7-2-1-6-13(15)14-12-20(24-17-9-5-10-18(27)21(14)17)26-22-25-16-8-3-4-11-19(16)28-22/h1-4,6-8,11,14,17,21H,5,9-10,12H2,(H,24,25,26). The number of nitrogens with one attached hydrogen (secondary N) is 1. The van der Waals surface area contributed by atoms with Crippen molar-refractivity contribution in [3.8, 4) is 0 Å². The summed E-state index contributed by atoms with van der Waals surface area (Å²) in [6.45, 7) is 0. The number of aromatic nitrogens is 1. The van der Waals surface area contributed by atoms with Gasteiger partial charge in [0, 0.05) is 29.7 Å². The van der Waals surface area contributed by atoms with E-state index in [0.717, 1.165) is 35.3 Å². The molecule has 2 aliphatic rings. The van der Waals surface area contributed by atoms with Gasteiger partial charge in [-0.3, -0.25) is 15.1 Å². The van der Waals surface area contributed by atoms with E-state index in [-0.39, 0.29) is 17.9 Å². The summed E-state index contributed by atoms with van der Waals surface area (Å²) in [5.41, 5.74) is 2.55. The summed E-state index contributed by atoms with van der Waals surface area (Å²) in [4.78, 5) is 22.1. The average molecular weight is 394 g/mol. The Hall–Kier alpha value is -2.66. The molecular weight excluding hydrogens is 374 g/mol. The Kier molecular flexibility index (Phi) is 4.40. The smallest absolute Gasteiger partial charge is 0.301 e. The highest BCUT2D eigenvalue weighted by atomic mass is 35.5. The number of fused-ring (bicyclic) bond motifs is 2. The normalized spacial score (nSPS) is 24.7. The van der Waals surface area contributed by atoms with Crippen molar-refractivity contribution in [2.24, 2.45) is 10.9 Å². The Morgan fingerprint density at radius 2 is 1.93 bits per heavy atom. The molecule has 0 amide bonds.